The molecule has 0 atom stereocenters. The van der Waals surface area contributed by atoms with E-state index in [9.17, 15) is 14.4 Å². The number of hydrazine groups is 1. The SMILES string of the molecule is C=CC(=O)NNC(=O)NCC[N+](C)(C)CC(=O)O. The van der Waals surface area contributed by atoms with E-state index in [0.29, 0.717) is 6.54 Å². The van der Waals surface area contributed by atoms with Gasteiger partial charge < -0.3 is 14.9 Å². The molecule has 18 heavy (non-hydrogen) atoms. The zero-order chi connectivity index (χ0) is 14.2. The molecule has 0 bridgehead atoms. The molecule has 0 unspecified atom stereocenters. The molecule has 0 aromatic heterocycles. The molecular weight excluding hydrogens is 240 g/mol. The van der Waals surface area contributed by atoms with Gasteiger partial charge in [0, 0.05) is 0 Å². The molecule has 0 aliphatic rings. The van der Waals surface area contributed by atoms with Crippen LogP contribution in [0.3, 0.4) is 0 Å². The zero-order valence-corrected chi connectivity index (χ0v) is 10.5. The lowest BCUT2D eigenvalue weighted by atomic mass is 10.4. The third-order valence-electron chi connectivity index (χ3n) is 2.05. The van der Waals surface area contributed by atoms with E-state index in [4.69, 9.17) is 5.11 Å². The van der Waals surface area contributed by atoms with Gasteiger partial charge in [0.1, 0.15) is 0 Å². The van der Waals surface area contributed by atoms with Crippen LogP contribution in [0.2, 0.25) is 0 Å². The summed E-state index contributed by atoms with van der Waals surface area (Å²) in [6, 6.07) is -0.569. The van der Waals surface area contributed by atoms with Crippen LogP contribution in [0.15, 0.2) is 12.7 Å². The Balaban J connectivity index is 3.83. The van der Waals surface area contributed by atoms with Crippen LogP contribution in [0.4, 0.5) is 4.79 Å². The van der Waals surface area contributed by atoms with Crippen molar-refractivity contribution in [1.29, 1.82) is 0 Å². The van der Waals surface area contributed by atoms with Gasteiger partial charge in [-0.05, 0) is 6.08 Å². The fourth-order valence-electron chi connectivity index (χ4n) is 1.13. The quantitative estimate of drug-likeness (QED) is 0.269. The van der Waals surface area contributed by atoms with E-state index < -0.39 is 17.9 Å². The van der Waals surface area contributed by atoms with Crippen LogP contribution in [0.25, 0.3) is 0 Å². The second-order valence-electron chi connectivity index (χ2n) is 4.29. The number of carbonyl (C=O) groups is 3. The first-order valence-electron chi connectivity index (χ1n) is 5.27. The zero-order valence-electron chi connectivity index (χ0n) is 10.5. The second kappa shape index (κ2) is 7.28. The predicted molar refractivity (Wildman–Crippen MR) is 64.4 cm³/mol. The van der Waals surface area contributed by atoms with Crippen LogP contribution in [-0.4, -0.2) is 61.2 Å². The van der Waals surface area contributed by atoms with Gasteiger partial charge in [-0.3, -0.25) is 10.2 Å². The smallest absolute Gasteiger partial charge is 0.359 e. The maximum absolute atomic E-state index is 11.2. The van der Waals surface area contributed by atoms with Gasteiger partial charge >= 0.3 is 12.0 Å². The molecule has 0 saturated heterocycles. The topological polar surface area (TPSA) is 108 Å². The van der Waals surface area contributed by atoms with Crippen molar-refractivity contribution >= 4 is 17.9 Å². The first kappa shape index (κ1) is 15.9. The van der Waals surface area contributed by atoms with Crippen molar-refractivity contribution in [2.75, 3.05) is 33.7 Å². The Kier molecular flexibility index (Phi) is 6.43. The average molecular weight is 259 g/mol. The lowest BCUT2D eigenvalue weighted by Crippen LogP contribution is -2.51. The summed E-state index contributed by atoms with van der Waals surface area (Å²) < 4.78 is 0.245. The Morgan fingerprint density at radius 1 is 1.28 bits per heavy atom. The molecular formula is C10H19N4O4+. The summed E-state index contributed by atoms with van der Waals surface area (Å²) in [6.45, 7) is 3.93. The molecule has 102 valence electrons. The van der Waals surface area contributed by atoms with Crippen LogP contribution in [-0.2, 0) is 9.59 Å². The third kappa shape index (κ3) is 8.11. The van der Waals surface area contributed by atoms with Gasteiger partial charge in [-0.15, -0.1) is 0 Å². The normalized spacial score (nSPS) is 10.3. The van der Waals surface area contributed by atoms with E-state index in [1.54, 1.807) is 14.1 Å². The predicted octanol–water partition coefficient (Wildman–Crippen LogP) is -1.34. The standard InChI is InChI=1S/C10H18N4O4/c1-4-8(15)12-13-10(18)11-5-6-14(2,3)7-9(16)17/h4H,1,5-7H2,2-3H3,(H3-,11,12,13,15,16,17,18)/p+1. The molecule has 0 radical (unpaired) electrons. The number of hydrogen-bond donors (Lipinski definition) is 4. The van der Waals surface area contributed by atoms with Gasteiger partial charge in [0.25, 0.3) is 5.91 Å². The number of aliphatic carboxylic acids is 1. The van der Waals surface area contributed by atoms with Crippen LogP contribution >= 0.6 is 0 Å². The molecule has 0 heterocycles. The van der Waals surface area contributed by atoms with Crippen LogP contribution in [0, 0.1) is 0 Å². The van der Waals surface area contributed by atoms with Gasteiger partial charge in [-0.25, -0.2) is 15.0 Å². The number of amides is 3. The number of carboxylic acid groups (broad SMARTS) is 1. The molecule has 0 aromatic rings. The van der Waals surface area contributed by atoms with Gasteiger partial charge in [0.05, 0.1) is 27.2 Å². The van der Waals surface area contributed by atoms with Gasteiger partial charge in [-0.2, -0.15) is 0 Å². The Labute approximate surface area is 105 Å². The molecule has 0 fully saturated rings. The molecule has 0 rings (SSSR count). The van der Waals surface area contributed by atoms with Crippen LogP contribution in [0.1, 0.15) is 0 Å². The number of nitrogens with one attached hydrogen (secondary N) is 3. The molecule has 0 spiro atoms. The van der Waals surface area contributed by atoms with E-state index in [0.717, 1.165) is 6.08 Å². The van der Waals surface area contributed by atoms with E-state index >= 15 is 0 Å². The monoisotopic (exact) mass is 259 g/mol. The summed E-state index contributed by atoms with van der Waals surface area (Å²) in [6.07, 6.45) is 1.02. The summed E-state index contributed by atoms with van der Waals surface area (Å²) in [7, 11) is 3.49. The van der Waals surface area contributed by atoms with E-state index in [2.05, 4.69) is 22.7 Å². The Morgan fingerprint density at radius 2 is 1.89 bits per heavy atom. The Bertz CT molecular complexity index is 341. The van der Waals surface area contributed by atoms with Crippen molar-refractivity contribution in [1.82, 2.24) is 16.2 Å². The molecule has 0 saturated carbocycles. The van der Waals surface area contributed by atoms with Gasteiger partial charge in [0.15, 0.2) is 6.54 Å². The number of urea groups is 1. The summed E-state index contributed by atoms with van der Waals surface area (Å²) >= 11 is 0. The van der Waals surface area contributed by atoms with Crippen LogP contribution < -0.4 is 16.2 Å². The van der Waals surface area contributed by atoms with Crippen molar-refractivity contribution in [2.24, 2.45) is 0 Å². The lowest BCUT2D eigenvalue weighted by molar-refractivity contribution is -0.881. The first-order valence-corrected chi connectivity index (χ1v) is 5.27. The lowest BCUT2D eigenvalue weighted by Gasteiger charge is -2.27. The minimum absolute atomic E-state index is 0.0313. The highest BCUT2D eigenvalue weighted by molar-refractivity contribution is 5.88. The van der Waals surface area contributed by atoms with Crippen molar-refractivity contribution < 1.29 is 24.0 Å². The molecule has 4 N–H and O–H groups in total. The molecule has 0 aromatic carbocycles. The highest BCUT2D eigenvalue weighted by atomic mass is 16.4. The Hall–Kier alpha value is -2.09. The number of likely N-dealkylation sites (N-methyl/N-ethyl adjacent to an activating group) is 1. The summed E-state index contributed by atoms with van der Waals surface area (Å²) in [5, 5.41) is 11.1. The average Bonchev–Trinajstić information content (AvgIpc) is 2.23. The fraction of sp³-hybridized carbons (Fsp3) is 0.500. The summed E-state index contributed by atoms with van der Waals surface area (Å²) in [4.78, 5) is 32.5. The van der Waals surface area contributed by atoms with E-state index in [-0.39, 0.29) is 17.6 Å². The molecule has 8 nitrogen and oxygen atoms in total. The summed E-state index contributed by atoms with van der Waals surface area (Å²) in [5.74, 6) is -1.42. The Morgan fingerprint density at radius 3 is 2.39 bits per heavy atom. The molecule has 8 heteroatoms. The number of rotatable bonds is 6. The maximum Gasteiger partial charge on any atom is 0.359 e. The van der Waals surface area contributed by atoms with Gasteiger partial charge in [0.2, 0.25) is 0 Å². The van der Waals surface area contributed by atoms with Crippen molar-refractivity contribution in [2.45, 2.75) is 0 Å². The molecule has 0 aliphatic heterocycles. The number of carboxylic acids is 1. The second-order valence-corrected chi connectivity index (χ2v) is 4.29. The summed E-state index contributed by atoms with van der Waals surface area (Å²) in [5.41, 5.74) is 4.21. The van der Waals surface area contributed by atoms with E-state index in [1.807, 2.05) is 0 Å². The number of quaternary nitrogens is 1. The molecule has 0 aliphatic carbocycles. The highest BCUT2D eigenvalue weighted by Crippen LogP contribution is 1.94. The minimum Gasteiger partial charge on any atom is -0.477 e. The third-order valence-corrected chi connectivity index (χ3v) is 2.05. The molecule has 3 amide bonds. The first-order chi connectivity index (χ1) is 8.26. The van der Waals surface area contributed by atoms with Crippen molar-refractivity contribution in [3.8, 4) is 0 Å². The van der Waals surface area contributed by atoms with Crippen molar-refractivity contribution in [3.63, 3.8) is 0 Å². The largest absolute Gasteiger partial charge is 0.477 e. The van der Waals surface area contributed by atoms with Crippen LogP contribution in [0.5, 0.6) is 0 Å². The fourth-order valence-corrected chi connectivity index (χ4v) is 1.13. The highest BCUT2D eigenvalue weighted by Gasteiger charge is 2.19. The van der Waals surface area contributed by atoms with E-state index in [1.165, 1.54) is 0 Å². The van der Waals surface area contributed by atoms with Crippen molar-refractivity contribution in [3.05, 3.63) is 12.7 Å². The van der Waals surface area contributed by atoms with Gasteiger partial charge in [-0.1, -0.05) is 6.58 Å². The number of carbonyl (C=O) groups excluding carboxylic acids is 2. The maximum atomic E-state index is 11.2. The minimum atomic E-state index is -0.900. The number of hydrogen-bond acceptors (Lipinski definition) is 3. The number of nitrogens with zero attached hydrogens (tertiary/aromatic N) is 1.